The van der Waals surface area contributed by atoms with E-state index in [1.165, 1.54) is 0 Å². The molecule has 2 N–H and O–H groups in total. The van der Waals surface area contributed by atoms with E-state index in [2.05, 4.69) is 18.8 Å². The van der Waals surface area contributed by atoms with Crippen LogP contribution in [0.25, 0.3) is 11.4 Å². The summed E-state index contributed by atoms with van der Waals surface area (Å²) in [6.07, 6.45) is 3.80. The number of nitrogens with two attached hydrogens (primary N) is 1. The molecule has 2 aromatic rings. The summed E-state index contributed by atoms with van der Waals surface area (Å²) in [5.41, 5.74) is 9.57. The summed E-state index contributed by atoms with van der Waals surface area (Å²) in [4.78, 5) is 9.18. The minimum Gasteiger partial charge on any atom is -0.324 e. The number of fused-ring (bicyclic) bond motifs is 1. The maximum absolute atomic E-state index is 6.23. The Bertz CT molecular complexity index is 635. The van der Waals surface area contributed by atoms with E-state index in [-0.39, 0.29) is 11.5 Å². The number of nitrogens with zero attached hydrogens (tertiary/aromatic N) is 2. The number of hydrogen-bond donors (Lipinski definition) is 1. The molecule has 0 saturated carbocycles. The molecule has 0 spiro atoms. The highest BCUT2D eigenvalue weighted by Crippen LogP contribution is 2.38. The first-order chi connectivity index (χ1) is 9.44. The quantitative estimate of drug-likeness (QED) is 0.868. The van der Waals surface area contributed by atoms with Crippen molar-refractivity contribution in [3.05, 3.63) is 46.7 Å². The van der Waals surface area contributed by atoms with Gasteiger partial charge in [0, 0.05) is 34.1 Å². The Morgan fingerprint density at radius 2 is 1.95 bits per heavy atom. The van der Waals surface area contributed by atoms with Crippen LogP contribution in [-0.4, -0.2) is 9.97 Å². The molecule has 3 rings (SSSR count). The van der Waals surface area contributed by atoms with E-state index < -0.39 is 0 Å². The summed E-state index contributed by atoms with van der Waals surface area (Å²) in [5.74, 6) is 0.741. The Labute approximate surface area is 124 Å². The van der Waals surface area contributed by atoms with Gasteiger partial charge in [0.15, 0.2) is 5.82 Å². The fourth-order valence-corrected chi connectivity index (χ4v) is 2.97. The summed E-state index contributed by atoms with van der Waals surface area (Å²) in [7, 11) is 0. The topological polar surface area (TPSA) is 51.8 Å². The van der Waals surface area contributed by atoms with Crippen LogP contribution in [0.1, 0.15) is 37.6 Å². The monoisotopic (exact) mass is 287 g/mol. The molecular formula is C16H18ClN3. The van der Waals surface area contributed by atoms with Crippen molar-refractivity contribution in [3.8, 4) is 11.4 Å². The SMILES string of the molecule is CC1(C)Cc2nc(-c3ccc(Cl)cc3)ncc2C(N)C1. The predicted molar refractivity (Wildman–Crippen MR) is 81.5 cm³/mol. The van der Waals surface area contributed by atoms with Crippen LogP contribution in [0.5, 0.6) is 0 Å². The molecule has 1 aromatic carbocycles. The van der Waals surface area contributed by atoms with Gasteiger partial charge in [-0.15, -0.1) is 0 Å². The number of aromatic nitrogens is 2. The van der Waals surface area contributed by atoms with Crippen LogP contribution in [0.4, 0.5) is 0 Å². The lowest BCUT2D eigenvalue weighted by molar-refractivity contribution is 0.278. The molecule has 1 aromatic heterocycles. The van der Waals surface area contributed by atoms with E-state index in [1.54, 1.807) is 0 Å². The molecule has 0 aliphatic heterocycles. The largest absolute Gasteiger partial charge is 0.324 e. The fraction of sp³-hybridized carbons (Fsp3) is 0.375. The van der Waals surface area contributed by atoms with E-state index in [0.29, 0.717) is 0 Å². The first-order valence-corrected chi connectivity index (χ1v) is 7.20. The number of benzene rings is 1. The van der Waals surface area contributed by atoms with Gasteiger partial charge in [-0.25, -0.2) is 9.97 Å². The first kappa shape index (κ1) is 13.5. The average Bonchev–Trinajstić information content (AvgIpc) is 2.37. The molecule has 1 aliphatic carbocycles. The Kier molecular flexibility index (Phi) is 3.27. The summed E-state index contributed by atoms with van der Waals surface area (Å²) in [6, 6.07) is 7.63. The molecule has 0 fully saturated rings. The second-order valence-corrected chi connectivity index (χ2v) is 6.69. The molecule has 3 nitrogen and oxygen atoms in total. The van der Waals surface area contributed by atoms with Crippen LogP contribution < -0.4 is 5.73 Å². The molecule has 1 heterocycles. The highest BCUT2D eigenvalue weighted by molar-refractivity contribution is 6.30. The predicted octanol–water partition coefficient (Wildman–Crippen LogP) is 3.77. The van der Waals surface area contributed by atoms with Gasteiger partial charge in [0.2, 0.25) is 0 Å². The average molecular weight is 288 g/mol. The van der Waals surface area contributed by atoms with Gasteiger partial charge in [0.05, 0.1) is 0 Å². The standard InChI is InChI=1S/C16H18ClN3/c1-16(2)7-13(18)12-9-19-15(20-14(12)8-16)10-3-5-11(17)6-4-10/h3-6,9,13H,7-8,18H2,1-2H3. The van der Waals surface area contributed by atoms with Crippen LogP contribution in [0, 0.1) is 5.41 Å². The van der Waals surface area contributed by atoms with Crippen molar-refractivity contribution in [1.29, 1.82) is 0 Å². The van der Waals surface area contributed by atoms with Gasteiger partial charge >= 0.3 is 0 Å². The lowest BCUT2D eigenvalue weighted by Gasteiger charge is -2.34. The molecule has 1 atom stereocenters. The molecule has 1 unspecified atom stereocenters. The number of hydrogen-bond acceptors (Lipinski definition) is 3. The second-order valence-electron chi connectivity index (χ2n) is 6.25. The highest BCUT2D eigenvalue weighted by atomic mass is 35.5. The first-order valence-electron chi connectivity index (χ1n) is 6.82. The normalized spacial score (nSPS) is 20.5. The number of rotatable bonds is 1. The van der Waals surface area contributed by atoms with Crippen molar-refractivity contribution >= 4 is 11.6 Å². The van der Waals surface area contributed by atoms with Crippen molar-refractivity contribution in [2.24, 2.45) is 11.1 Å². The van der Waals surface area contributed by atoms with E-state index in [1.807, 2.05) is 30.5 Å². The Balaban J connectivity index is 2.02. The lowest BCUT2D eigenvalue weighted by atomic mass is 9.74. The summed E-state index contributed by atoms with van der Waals surface area (Å²) < 4.78 is 0. The minimum atomic E-state index is 0.0352. The zero-order valence-electron chi connectivity index (χ0n) is 11.7. The van der Waals surface area contributed by atoms with Crippen LogP contribution >= 0.6 is 11.6 Å². The fourth-order valence-electron chi connectivity index (χ4n) is 2.85. The zero-order valence-corrected chi connectivity index (χ0v) is 12.5. The minimum absolute atomic E-state index is 0.0352. The van der Waals surface area contributed by atoms with E-state index >= 15 is 0 Å². The Morgan fingerprint density at radius 3 is 2.65 bits per heavy atom. The van der Waals surface area contributed by atoms with Gasteiger partial charge in [-0.05, 0) is 42.5 Å². The van der Waals surface area contributed by atoms with Gasteiger partial charge in [-0.1, -0.05) is 25.4 Å². The maximum atomic E-state index is 6.23. The molecule has 4 heteroatoms. The molecule has 1 aliphatic rings. The summed E-state index contributed by atoms with van der Waals surface area (Å²) in [6.45, 7) is 4.47. The van der Waals surface area contributed by atoms with E-state index in [0.717, 1.165) is 40.5 Å². The van der Waals surface area contributed by atoms with Crippen LogP contribution in [0.2, 0.25) is 5.02 Å². The van der Waals surface area contributed by atoms with Gasteiger partial charge in [0.25, 0.3) is 0 Å². The van der Waals surface area contributed by atoms with E-state index in [9.17, 15) is 0 Å². The van der Waals surface area contributed by atoms with Crippen molar-refractivity contribution in [2.45, 2.75) is 32.7 Å². The van der Waals surface area contributed by atoms with Crippen LogP contribution in [-0.2, 0) is 6.42 Å². The number of halogens is 1. The van der Waals surface area contributed by atoms with Crippen molar-refractivity contribution in [3.63, 3.8) is 0 Å². The molecule has 104 valence electrons. The van der Waals surface area contributed by atoms with Gasteiger partial charge in [-0.3, -0.25) is 0 Å². The third-order valence-corrected chi connectivity index (χ3v) is 4.07. The smallest absolute Gasteiger partial charge is 0.159 e. The molecule has 0 saturated heterocycles. The molecule has 20 heavy (non-hydrogen) atoms. The Morgan fingerprint density at radius 1 is 1.25 bits per heavy atom. The van der Waals surface area contributed by atoms with Gasteiger partial charge in [0.1, 0.15) is 0 Å². The second kappa shape index (κ2) is 4.83. The third-order valence-electron chi connectivity index (χ3n) is 3.82. The summed E-state index contributed by atoms with van der Waals surface area (Å²) >= 11 is 5.91. The van der Waals surface area contributed by atoms with Crippen molar-refractivity contribution < 1.29 is 0 Å². The highest BCUT2D eigenvalue weighted by Gasteiger charge is 2.31. The molecular weight excluding hydrogens is 270 g/mol. The summed E-state index contributed by atoms with van der Waals surface area (Å²) in [5, 5.41) is 0.717. The molecule has 0 bridgehead atoms. The third kappa shape index (κ3) is 2.56. The lowest BCUT2D eigenvalue weighted by Crippen LogP contribution is -2.30. The maximum Gasteiger partial charge on any atom is 0.159 e. The zero-order chi connectivity index (χ0) is 14.3. The molecule has 0 amide bonds. The van der Waals surface area contributed by atoms with Crippen molar-refractivity contribution in [2.75, 3.05) is 0 Å². The van der Waals surface area contributed by atoms with Crippen LogP contribution in [0.3, 0.4) is 0 Å². The van der Waals surface area contributed by atoms with Gasteiger partial charge in [-0.2, -0.15) is 0 Å². The van der Waals surface area contributed by atoms with Crippen molar-refractivity contribution in [1.82, 2.24) is 9.97 Å². The van der Waals surface area contributed by atoms with Crippen LogP contribution in [0.15, 0.2) is 30.5 Å². The molecule has 0 radical (unpaired) electrons. The Hall–Kier alpha value is -1.45. The van der Waals surface area contributed by atoms with Gasteiger partial charge < -0.3 is 5.73 Å². The van der Waals surface area contributed by atoms with E-state index in [4.69, 9.17) is 22.3 Å².